The molecule has 3 nitrogen and oxygen atoms in total. The van der Waals surface area contributed by atoms with E-state index in [9.17, 15) is 0 Å². The third kappa shape index (κ3) is 3.95. The van der Waals surface area contributed by atoms with Crippen LogP contribution >= 0.6 is 27.5 Å². The Kier molecular flexibility index (Phi) is 6.30. The van der Waals surface area contributed by atoms with Gasteiger partial charge in [-0.1, -0.05) is 17.7 Å². The zero-order chi connectivity index (χ0) is 14.5. The molecule has 20 heavy (non-hydrogen) atoms. The highest BCUT2D eigenvalue weighted by Crippen LogP contribution is 2.30. The number of ether oxygens (including phenoxy) is 1. The van der Waals surface area contributed by atoms with Crippen molar-refractivity contribution in [3.8, 4) is 0 Å². The van der Waals surface area contributed by atoms with Crippen LogP contribution < -0.4 is 5.73 Å². The highest BCUT2D eigenvalue weighted by molar-refractivity contribution is 9.10. The Balaban J connectivity index is 2.03. The monoisotopic (exact) mass is 360 g/mol. The number of halogens is 2. The number of benzene rings is 1. The van der Waals surface area contributed by atoms with Crippen molar-refractivity contribution in [3.63, 3.8) is 0 Å². The molecule has 0 spiro atoms. The standard InChI is InChI=1S/C15H22BrClN2O/c1-2-20-12-5-7-19(8-6-12)15(10-18)11-3-4-14(17)13(16)9-11/h3-4,9,12,15H,2,5-8,10,18H2,1H3. The topological polar surface area (TPSA) is 38.5 Å². The van der Waals surface area contributed by atoms with Crippen LogP contribution in [0.25, 0.3) is 0 Å². The van der Waals surface area contributed by atoms with Crippen molar-refractivity contribution in [2.24, 2.45) is 5.73 Å². The maximum absolute atomic E-state index is 6.06. The van der Waals surface area contributed by atoms with E-state index in [4.69, 9.17) is 22.1 Å². The van der Waals surface area contributed by atoms with E-state index < -0.39 is 0 Å². The van der Waals surface area contributed by atoms with E-state index in [2.05, 4.69) is 39.9 Å². The Labute approximate surface area is 134 Å². The molecule has 1 saturated heterocycles. The fourth-order valence-corrected chi connectivity index (χ4v) is 3.32. The molecule has 0 aliphatic carbocycles. The molecule has 0 saturated carbocycles. The number of hydrogen-bond donors (Lipinski definition) is 1. The van der Waals surface area contributed by atoms with Crippen LogP contribution in [0.5, 0.6) is 0 Å². The Hall–Kier alpha value is -0.130. The van der Waals surface area contributed by atoms with Crippen molar-refractivity contribution in [1.29, 1.82) is 0 Å². The van der Waals surface area contributed by atoms with E-state index in [1.807, 2.05) is 6.07 Å². The van der Waals surface area contributed by atoms with E-state index in [0.29, 0.717) is 12.6 Å². The SMILES string of the molecule is CCOC1CCN(C(CN)c2ccc(Cl)c(Br)c2)CC1. The summed E-state index contributed by atoms with van der Waals surface area (Å²) in [5.41, 5.74) is 7.22. The normalized spacial score (nSPS) is 19.2. The summed E-state index contributed by atoms with van der Waals surface area (Å²) in [6, 6.07) is 6.33. The van der Waals surface area contributed by atoms with Crippen LogP contribution in [0.1, 0.15) is 31.4 Å². The van der Waals surface area contributed by atoms with E-state index >= 15 is 0 Å². The third-order valence-corrected chi connectivity index (χ3v) is 5.09. The van der Waals surface area contributed by atoms with Crippen LogP contribution in [0, 0.1) is 0 Å². The summed E-state index contributed by atoms with van der Waals surface area (Å²) in [5, 5.41) is 0.736. The Morgan fingerprint density at radius 1 is 1.45 bits per heavy atom. The largest absolute Gasteiger partial charge is 0.378 e. The van der Waals surface area contributed by atoms with Gasteiger partial charge in [-0.2, -0.15) is 0 Å². The highest BCUT2D eigenvalue weighted by atomic mass is 79.9. The Morgan fingerprint density at radius 2 is 2.15 bits per heavy atom. The van der Waals surface area contributed by atoms with Crippen molar-refractivity contribution in [2.75, 3.05) is 26.2 Å². The summed E-state index contributed by atoms with van der Waals surface area (Å²) >= 11 is 9.55. The van der Waals surface area contributed by atoms with Gasteiger partial charge in [0.15, 0.2) is 0 Å². The lowest BCUT2D eigenvalue weighted by Gasteiger charge is -2.37. The lowest BCUT2D eigenvalue weighted by Crippen LogP contribution is -2.41. The second-order valence-electron chi connectivity index (χ2n) is 5.12. The molecule has 1 aliphatic heterocycles. The zero-order valence-corrected chi connectivity index (χ0v) is 14.2. The first-order chi connectivity index (χ1) is 9.65. The maximum Gasteiger partial charge on any atom is 0.0599 e. The molecule has 2 rings (SSSR count). The van der Waals surface area contributed by atoms with Crippen molar-refractivity contribution in [1.82, 2.24) is 4.90 Å². The molecule has 2 N–H and O–H groups in total. The van der Waals surface area contributed by atoms with Gasteiger partial charge in [0.1, 0.15) is 0 Å². The molecule has 0 aromatic heterocycles. The number of nitrogens with zero attached hydrogens (tertiary/aromatic N) is 1. The summed E-state index contributed by atoms with van der Waals surface area (Å²) in [5.74, 6) is 0. The lowest BCUT2D eigenvalue weighted by atomic mass is 10.0. The molecule has 1 atom stereocenters. The first-order valence-electron chi connectivity index (χ1n) is 7.16. The molecule has 0 radical (unpaired) electrons. The third-order valence-electron chi connectivity index (χ3n) is 3.87. The molecule has 1 fully saturated rings. The molecule has 1 aliphatic rings. The van der Waals surface area contributed by atoms with Gasteiger partial charge in [0.25, 0.3) is 0 Å². The predicted octanol–water partition coefficient (Wildman–Crippen LogP) is 3.60. The molecule has 1 unspecified atom stereocenters. The fourth-order valence-electron chi connectivity index (χ4n) is 2.81. The van der Waals surface area contributed by atoms with Crippen molar-refractivity contribution in [2.45, 2.75) is 31.9 Å². The van der Waals surface area contributed by atoms with Gasteiger partial charge >= 0.3 is 0 Å². The second-order valence-corrected chi connectivity index (χ2v) is 6.38. The molecule has 0 bridgehead atoms. The van der Waals surface area contributed by atoms with Gasteiger partial charge < -0.3 is 10.5 Å². The van der Waals surface area contributed by atoms with E-state index in [-0.39, 0.29) is 6.04 Å². The van der Waals surface area contributed by atoms with Gasteiger partial charge in [-0.05, 0) is 53.4 Å². The second kappa shape index (κ2) is 7.76. The average molecular weight is 362 g/mol. The van der Waals surface area contributed by atoms with Crippen LogP contribution in [0.2, 0.25) is 5.02 Å². The van der Waals surface area contributed by atoms with Gasteiger partial charge in [-0.3, -0.25) is 4.90 Å². The van der Waals surface area contributed by atoms with Crippen LogP contribution in [0.3, 0.4) is 0 Å². The van der Waals surface area contributed by atoms with E-state index in [0.717, 1.165) is 42.0 Å². The highest BCUT2D eigenvalue weighted by Gasteiger charge is 2.25. The fraction of sp³-hybridized carbons (Fsp3) is 0.600. The molecule has 1 aromatic rings. The quantitative estimate of drug-likeness (QED) is 0.871. The molecule has 0 amide bonds. The number of likely N-dealkylation sites (tertiary alicyclic amines) is 1. The summed E-state index contributed by atoms with van der Waals surface area (Å²) in [6.45, 7) is 5.54. The van der Waals surface area contributed by atoms with Gasteiger partial charge in [0.05, 0.1) is 11.1 Å². The molecular weight excluding hydrogens is 340 g/mol. The van der Waals surface area contributed by atoms with Gasteiger partial charge in [0, 0.05) is 36.8 Å². The number of piperidine rings is 1. The first-order valence-corrected chi connectivity index (χ1v) is 8.33. The summed E-state index contributed by atoms with van der Waals surface area (Å²) < 4.78 is 6.63. The van der Waals surface area contributed by atoms with Crippen LogP contribution in [-0.2, 0) is 4.74 Å². The van der Waals surface area contributed by atoms with Gasteiger partial charge in [-0.25, -0.2) is 0 Å². The molecule has 1 heterocycles. The number of rotatable bonds is 5. The first kappa shape index (κ1) is 16.2. The summed E-state index contributed by atoms with van der Waals surface area (Å²) in [4.78, 5) is 2.45. The van der Waals surface area contributed by atoms with Crippen molar-refractivity contribution in [3.05, 3.63) is 33.3 Å². The summed E-state index contributed by atoms with van der Waals surface area (Å²) in [7, 11) is 0. The zero-order valence-electron chi connectivity index (χ0n) is 11.8. The molecule has 112 valence electrons. The van der Waals surface area contributed by atoms with Gasteiger partial charge in [0.2, 0.25) is 0 Å². The predicted molar refractivity (Wildman–Crippen MR) is 87.2 cm³/mol. The Morgan fingerprint density at radius 3 is 2.70 bits per heavy atom. The maximum atomic E-state index is 6.06. The number of hydrogen-bond acceptors (Lipinski definition) is 3. The molecule has 5 heteroatoms. The van der Waals surface area contributed by atoms with Crippen molar-refractivity contribution < 1.29 is 4.74 Å². The number of nitrogens with two attached hydrogens (primary N) is 1. The lowest BCUT2D eigenvalue weighted by molar-refractivity contribution is 0.00451. The van der Waals surface area contributed by atoms with Crippen LogP contribution in [-0.4, -0.2) is 37.2 Å². The molecular formula is C15H22BrClN2O. The van der Waals surface area contributed by atoms with Gasteiger partial charge in [-0.15, -0.1) is 0 Å². The van der Waals surface area contributed by atoms with Crippen molar-refractivity contribution >= 4 is 27.5 Å². The minimum absolute atomic E-state index is 0.256. The minimum Gasteiger partial charge on any atom is -0.378 e. The molecule has 1 aromatic carbocycles. The van der Waals surface area contributed by atoms with Crippen LogP contribution in [0.4, 0.5) is 0 Å². The average Bonchev–Trinajstić information content (AvgIpc) is 2.46. The smallest absolute Gasteiger partial charge is 0.0599 e. The van der Waals surface area contributed by atoms with E-state index in [1.165, 1.54) is 5.56 Å². The summed E-state index contributed by atoms with van der Waals surface area (Å²) in [6.07, 6.45) is 2.57. The van der Waals surface area contributed by atoms with E-state index in [1.54, 1.807) is 0 Å². The van der Waals surface area contributed by atoms with Crippen LogP contribution in [0.15, 0.2) is 22.7 Å². The Bertz CT molecular complexity index is 436. The minimum atomic E-state index is 0.256.